The molecule has 56 valence electrons. The normalized spacial score (nSPS) is 12.0. The predicted octanol–water partition coefficient (Wildman–Crippen LogP) is 2.13. The van der Waals surface area contributed by atoms with E-state index in [9.17, 15) is 0 Å². The molecule has 1 aromatic heterocycles. The van der Waals surface area contributed by atoms with Crippen molar-refractivity contribution >= 4 is 15.9 Å². The molecule has 0 saturated heterocycles. The van der Waals surface area contributed by atoms with E-state index < -0.39 is 0 Å². The number of hydrogen-bond acceptors (Lipinski definition) is 3. The van der Waals surface area contributed by atoms with Gasteiger partial charge in [0.1, 0.15) is 0 Å². The smallest absolute Gasteiger partial charge is 0.238 e. The Morgan fingerprint density at radius 2 is 2.00 bits per heavy atom. The third-order valence-electron chi connectivity index (χ3n) is 1.04. The maximum Gasteiger partial charge on any atom is 0.238 e. The highest BCUT2D eigenvalue weighted by atomic mass is 79.9. The van der Waals surface area contributed by atoms with Gasteiger partial charge in [0.2, 0.25) is 10.6 Å². The minimum Gasteiger partial charge on any atom is -0.338 e. The van der Waals surface area contributed by atoms with Crippen LogP contribution in [-0.4, -0.2) is 10.1 Å². The Hall–Kier alpha value is -0.380. The largest absolute Gasteiger partial charge is 0.338 e. The predicted molar refractivity (Wildman–Crippen MR) is 40.7 cm³/mol. The van der Waals surface area contributed by atoms with Crippen molar-refractivity contribution in [2.75, 3.05) is 0 Å². The highest BCUT2D eigenvalue weighted by Gasteiger charge is 2.20. The van der Waals surface area contributed by atoms with Crippen molar-refractivity contribution in [1.82, 2.24) is 10.1 Å². The SMILES string of the molecule is CC(C)(C)c1nc(Br)no1. The number of halogens is 1. The third-order valence-corrected chi connectivity index (χ3v) is 1.36. The van der Waals surface area contributed by atoms with Gasteiger partial charge in [-0.05, 0) is 21.1 Å². The van der Waals surface area contributed by atoms with Gasteiger partial charge in [-0.1, -0.05) is 20.8 Å². The van der Waals surface area contributed by atoms with Gasteiger partial charge in [0.25, 0.3) is 0 Å². The Morgan fingerprint density at radius 1 is 1.40 bits per heavy atom. The van der Waals surface area contributed by atoms with E-state index in [1.165, 1.54) is 0 Å². The van der Waals surface area contributed by atoms with Gasteiger partial charge >= 0.3 is 0 Å². The molecule has 0 N–H and O–H groups in total. The summed E-state index contributed by atoms with van der Waals surface area (Å²) < 4.78 is 5.43. The van der Waals surface area contributed by atoms with Crippen LogP contribution in [0.3, 0.4) is 0 Å². The molecule has 0 amide bonds. The lowest BCUT2D eigenvalue weighted by molar-refractivity contribution is 0.319. The van der Waals surface area contributed by atoms with E-state index in [1.807, 2.05) is 20.8 Å². The summed E-state index contributed by atoms with van der Waals surface area (Å²) >= 11 is 3.11. The molecule has 0 aliphatic carbocycles. The molecule has 0 unspecified atom stereocenters. The van der Waals surface area contributed by atoms with Crippen LogP contribution in [0.1, 0.15) is 26.7 Å². The van der Waals surface area contributed by atoms with Gasteiger partial charge < -0.3 is 4.52 Å². The number of aromatic nitrogens is 2. The highest BCUT2D eigenvalue weighted by Crippen LogP contribution is 2.20. The van der Waals surface area contributed by atoms with E-state index in [-0.39, 0.29) is 5.41 Å². The van der Waals surface area contributed by atoms with Crippen molar-refractivity contribution in [3.63, 3.8) is 0 Å². The fraction of sp³-hybridized carbons (Fsp3) is 0.667. The second kappa shape index (κ2) is 2.34. The van der Waals surface area contributed by atoms with Gasteiger partial charge in [-0.2, -0.15) is 4.98 Å². The molecular formula is C6H9BrN2O. The molecular weight excluding hydrogens is 196 g/mol. The van der Waals surface area contributed by atoms with E-state index in [0.717, 1.165) is 0 Å². The van der Waals surface area contributed by atoms with Gasteiger partial charge in [0.05, 0.1) is 0 Å². The van der Waals surface area contributed by atoms with E-state index in [1.54, 1.807) is 0 Å². The Balaban J connectivity index is 2.96. The lowest BCUT2D eigenvalue weighted by Crippen LogP contribution is -2.11. The third kappa shape index (κ3) is 1.56. The average molecular weight is 205 g/mol. The van der Waals surface area contributed by atoms with Crippen LogP contribution < -0.4 is 0 Å². The Kier molecular flexibility index (Phi) is 1.81. The van der Waals surface area contributed by atoms with E-state index >= 15 is 0 Å². The molecule has 0 saturated carbocycles. The minimum atomic E-state index is -0.0565. The van der Waals surface area contributed by atoms with Crippen molar-refractivity contribution in [2.45, 2.75) is 26.2 Å². The second-order valence-corrected chi connectivity index (χ2v) is 3.83. The summed E-state index contributed by atoms with van der Waals surface area (Å²) in [6, 6.07) is 0. The summed E-state index contributed by atoms with van der Waals surface area (Å²) in [5, 5.41) is 3.61. The number of rotatable bonds is 0. The van der Waals surface area contributed by atoms with Crippen molar-refractivity contribution in [1.29, 1.82) is 0 Å². The molecule has 3 nitrogen and oxygen atoms in total. The quantitative estimate of drug-likeness (QED) is 0.651. The molecule has 0 spiro atoms. The fourth-order valence-electron chi connectivity index (χ4n) is 0.510. The summed E-state index contributed by atoms with van der Waals surface area (Å²) in [4.78, 5) is 4.02. The van der Waals surface area contributed by atoms with Gasteiger partial charge in [-0.3, -0.25) is 0 Å². The van der Waals surface area contributed by atoms with E-state index in [0.29, 0.717) is 10.6 Å². The van der Waals surface area contributed by atoms with Crippen molar-refractivity contribution in [3.8, 4) is 0 Å². The summed E-state index contributed by atoms with van der Waals surface area (Å²) in [7, 11) is 0. The Morgan fingerprint density at radius 3 is 2.20 bits per heavy atom. The van der Waals surface area contributed by atoms with Crippen molar-refractivity contribution in [2.24, 2.45) is 0 Å². The summed E-state index contributed by atoms with van der Waals surface area (Å²) in [6.45, 7) is 6.06. The molecule has 0 bridgehead atoms. The lowest BCUT2D eigenvalue weighted by Gasteiger charge is -2.10. The van der Waals surface area contributed by atoms with Crippen LogP contribution in [0.4, 0.5) is 0 Å². The fourth-order valence-corrected chi connectivity index (χ4v) is 0.744. The molecule has 0 radical (unpaired) electrons. The molecule has 10 heavy (non-hydrogen) atoms. The zero-order valence-corrected chi connectivity index (χ0v) is 7.77. The Bertz CT molecular complexity index is 226. The van der Waals surface area contributed by atoms with Gasteiger partial charge in [-0.15, -0.1) is 0 Å². The highest BCUT2D eigenvalue weighted by molar-refractivity contribution is 9.10. The number of nitrogens with zero attached hydrogens (tertiary/aromatic N) is 2. The van der Waals surface area contributed by atoms with Crippen molar-refractivity contribution < 1.29 is 4.52 Å². The maximum atomic E-state index is 4.92. The first kappa shape index (κ1) is 7.72. The average Bonchev–Trinajstić information content (AvgIpc) is 2.11. The summed E-state index contributed by atoms with van der Waals surface area (Å²) in [5.74, 6) is 0.652. The molecule has 4 heteroatoms. The first-order chi connectivity index (χ1) is 4.50. The molecule has 1 rings (SSSR count). The van der Waals surface area contributed by atoms with Gasteiger partial charge in [-0.25, -0.2) is 0 Å². The summed E-state index contributed by atoms with van der Waals surface area (Å²) in [5.41, 5.74) is -0.0565. The van der Waals surface area contributed by atoms with Gasteiger partial charge in [0.15, 0.2) is 0 Å². The van der Waals surface area contributed by atoms with Crippen molar-refractivity contribution in [3.05, 3.63) is 10.6 Å². The standard InChI is InChI=1S/C6H9BrN2O/c1-6(2,3)4-8-5(7)9-10-4/h1-3H3. The lowest BCUT2D eigenvalue weighted by atomic mass is 9.97. The first-order valence-corrected chi connectivity index (χ1v) is 3.79. The van der Waals surface area contributed by atoms with Crippen LogP contribution in [0, 0.1) is 0 Å². The van der Waals surface area contributed by atoms with Crippen LogP contribution in [0.5, 0.6) is 0 Å². The molecule has 0 aliphatic rings. The second-order valence-electron chi connectivity index (χ2n) is 3.12. The molecule has 1 heterocycles. The van der Waals surface area contributed by atoms with E-state index in [4.69, 9.17) is 4.52 Å². The van der Waals surface area contributed by atoms with Crippen LogP contribution in [-0.2, 0) is 5.41 Å². The zero-order valence-electron chi connectivity index (χ0n) is 6.18. The van der Waals surface area contributed by atoms with Crippen LogP contribution in [0.25, 0.3) is 0 Å². The maximum absolute atomic E-state index is 4.92. The molecule has 1 aromatic rings. The van der Waals surface area contributed by atoms with Gasteiger partial charge in [0, 0.05) is 5.41 Å². The molecule has 0 atom stereocenters. The summed E-state index contributed by atoms with van der Waals surface area (Å²) in [6.07, 6.45) is 0. The van der Waals surface area contributed by atoms with Crippen LogP contribution in [0.15, 0.2) is 9.26 Å². The zero-order chi connectivity index (χ0) is 7.78. The molecule has 0 aromatic carbocycles. The van der Waals surface area contributed by atoms with E-state index in [2.05, 4.69) is 26.1 Å². The van der Waals surface area contributed by atoms with Crippen LogP contribution >= 0.6 is 15.9 Å². The monoisotopic (exact) mass is 204 g/mol. The van der Waals surface area contributed by atoms with Crippen LogP contribution in [0.2, 0.25) is 0 Å². The molecule has 0 aliphatic heterocycles. The first-order valence-electron chi connectivity index (χ1n) is 3.00. The number of hydrogen-bond donors (Lipinski definition) is 0. The topological polar surface area (TPSA) is 38.9 Å². The Labute approximate surface area is 67.9 Å². The molecule has 0 fully saturated rings. The minimum absolute atomic E-state index is 0.0565.